The average Bonchev–Trinajstić information content (AvgIpc) is 2.86. The number of anilines is 1. The minimum Gasteiger partial charge on any atom is -0.482 e. The van der Waals surface area contributed by atoms with Crippen molar-refractivity contribution >= 4 is 27.5 Å². The molecule has 9 nitrogen and oxygen atoms in total. The molecule has 1 fully saturated rings. The number of hydrogen-bond donors (Lipinski definition) is 1. The molecule has 1 atom stereocenters. The number of carbonyl (C=O) groups excluding carboxylic acids is 2. The van der Waals surface area contributed by atoms with Crippen LogP contribution in [0.2, 0.25) is 0 Å². The molecule has 2 aromatic rings. The van der Waals surface area contributed by atoms with Gasteiger partial charge in [0.1, 0.15) is 12.3 Å². The Morgan fingerprint density at radius 3 is 2.74 bits per heavy atom. The molecule has 2 aliphatic heterocycles. The quantitative estimate of drug-likeness (QED) is 0.690. The van der Waals surface area contributed by atoms with Crippen molar-refractivity contribution in [2.24, 2.45) is 0 Å². The van der Waals surface area contributed by atoms with Gasteiger partial charge in [0, 0.05) is 13.1 Å². The molecular formula is C24H27N3O6S. The highest BCUT2D eigenvalue weighted by Crippen LogP contribution is 2.35. The Balaban J connectivity index is 1.37. The van der Waals surface area contributed by atoms with Crippen molar-refractivity contribution in [1.29, 1.82) is 0 Å². The van der Waals surface area contributed by atoms with Crippen LogP contribution in [-0.2, 0) is 30.8 Å². The van der Waals surface area contributed by atoms with Crippen molar-refractivity contribution in [3.8, 4) is 5.75 Å². The summed E-state index contributed by atoms with van der Waals surface area (Å²) in [7, 11) is -3.76. The Morgan fingerprint density at radius 1 is 1.12 bits per heavy atom. The minimum atomic E-state index is -3.76. The molecular weight excluding hydrogens is 458 g/mol. The second kappa shape index (κ2) is 9.36. The fraction of sp³-hybridized carbons (Fsp3) is 0.417. The molecule has 180 valence electrons. The second-order valence-electron chi connectivity index (χ2n) is 8.63. The van der Waals surface area contributed by atoms with Gasteiger partial charge in [-0.25, -0.2) is 8.42 Å². The Kier molecular flexibility index (Phi) is 6.28. The third-order valence-corrected chi connectivity index (χ3v) is 8.38. The van der Waals surface area contributed by atoms with Crippen LogP contribution in [0.25, 0.3) is 0 Å². The van der Waals surface area contributed by atoms with E-state index in [-0.39, 0.29) is 48.8 Å². The molecule has 1 unspecified atom stereocenters. The van der Waals surface area contributed by atoms with Crippen LogP contribution < -0.4 is 15.0 Å². The first-order valence-electron chi connectivity index (χ1n) is 11.5. The summed E-state index contributed by atoms with van der Waals surface area (Å²) in [5, 5.41) is 3.06. The van der Waals surface area contributed by atoms with Gasteiger partial charge in [0.25, 0.3) is 5.91 Å². The van der Waals surface area contributed by atoms with E-state index in [0.717, 1.165) is 24.8 Å². The first kappa shape index (κ1) is 22.8. The molecule has 2 heterocycles. The molecule has 2 amide bonds. The number of fused-ring (bicyclic) bond motifs is 2. The monoisotopic (exact) mass is 485 g/mol. The summed E-state index contributed by atoms with van der Waals surface area (Å²) in [6, 6.07) is 12.4. The molecule has 0 aromatic heterocycles. The summed E-state index contributed by atoms with van der Waals surface area (Å²) in [6.07, 6.45) is 2.79. The molecule has 1 N–H and O–H groups in total. The predicted molar refractivity (Wildman–Crippen MR) is 124 cm³/mol. The van der Waals surface area contributed by atoms with E-state index in [1.807, 2.05) is 18.2 Å². The van der Waals surface area contributed by atoms with E-state index in [1.165, 1.54) is 33.0 Å². The molecule has 3 aliphatic rings. The van der Waals surface area contributed by atoms with Gasteiger partial charge in [-0.05, 0) is 48.6 Å². The highest BCUT2D eigenvalue weighted by atomic mass is 32.2. The minimum absolute atomic E-state index is 0.0538. The van der Waals surface area contributed by atoms with E-state index < -0.39 is 15.9 Å². The predicted octanol–water partition coefficient (Wildman–Crippen LogP) is 1.63. The Hall–Kier alpha value is -2.95. The van der Waals surface area contributed by atoms with Gasteiger partial charge in [-0.15, -0.1) is 0 Å². The fourth-order valence-corrected chi connectivity index (χ4v) is 6.17. The van der Waals surface area contributed by atoms with Crippen molar-refractivity contribution in [2.45, 2.75) is 30.2 Å². The number of nitrogens with zero attached hydrogens (tertiary/aromatic N) is 2. The highest BCUT2D eigenvalue weighted by Gasteiger charge is 2.32. The summed E-state index contributed by atoms with van der Waals surface area (Å²) in [5.74, 6) is -0.326. The van der Waals surface area contributed by atoms with Crippen LogP contribution >= 0.6 is 0 Å². The number of hydrogen-bond acceptors (Lipinski definition) is 6. The number of nitrogens with one attached hydrogen (secondary N) is 1. The van der Waals surface area contributed by atoms with Crippen LogP contribution in [0.15, 0.2) is 47.4 Å². The Morgan fingerprint density at radius 2 is 1.91 bits per heavy atom. The molecule has 10 heteroatoms. The van der Waals surface area contributed by atoms with Gasteiger partial charge < -0.3 is 14.8 Å². The average molecular weight is 486 g/mol. The van der Waals surface area contributed by atoms with Crippen LogP contribution in [0.3, 0.4) is 0 Å². The van der Waals surface area contributed by atoms with Crippen molar-refractivity contribution < 1.29 is 27.5 Å². The molecule has 2 aromatic carbocycles. The third kappa shape index (κ3) is 4.40. The Bertz CT molecular complexity index is 1210. The lowest BCUT2D eigenvalue weighted by molar-refractivity contribution is -0.125. The number of sulfonamides is 1. The molecule has 34 heavy (non-hydrogen) atoms. The first-order chi connectivity index (χ1) is 16.4. The zero-order chi connectivity index (χ0) is 23.7. The lowest BCUT2D eigenvalue weighted by Gasteiger charge is -2.31. The number of carbonyl (C=O) groups is 2. The maximum absolute atomic E-state index is 13.1. The van der Waals surface area contributed by atoms with Gasteiger partial charge in [0.05, 0.1) is 29.8 Å². The third-order valence-electron chi connectivity index (χ3n) is 6.49. The summed E-state index contributed by atoms with van der Waals surface area (Å²) < 4.78 is 38.3. The van der Waals surface area contributed by atoms with Crippen LogP contribution in [0, 0.1) is 0 Å². The summed E-state index contributed by atoms with van der Waals surface area (Å²) >= 11 is 0. The standard InChI is InChI=1S/C24H27N3O6S/c28-23(25-20-7-3-5-17-4-1-2-6-19(17)20)15-27-21-14-18(8-9-22(21)33-16-24(27)29)34(30,31)26-10-12-32-13-11-26/h1-2,4,6,8-9,14,20H,3,5,7,10-13,15-16H2,(H,25,28). The number of aryl methyl sites for hydroxylation is 1. The SMILES string of the molecule is O=C(CN1C(=O)COc2ccc(S(=O)(=O)N3CCOCC3)cc21)NC1CCCc2ccccc21. The normalized spacial score (nSPS) is 20.8. The maximum atomic E-state index is 13.1. The van der Waals surface area contributed by atoms with E-state index >= 15 is 0 Å². The van der Waals surface area contributed by atoms with E-state index in [0.29, 0.717) is 19.0 Å². The van der Waals surface area contributed by atoms with Gasteiger partial charge in [-0.1, -0.05) is 24.3 Å². The number of ether oxygens (including phenoxy) is 2. The lowest BCUT2D eigenvalue weighted by Crippen LogP contribution is -2.46. The number of benzene rings is 2. The number of amides is 2. The van der Waals surface area contributed by atoms with Crippen LogP contribution in [-0.4, -0.2) is 64.0 Å². The number of morpholine rings is 1. The van der Waals surface area contributed by atoms with Crippen molar-refractivity contribution in [2.75, 3.05) is 44.4 Å². The van der Waals surface area contributed by atoms with Gasteiger partial charge >= 0.3 is 0 Å². The molecule has 1 aliphatic carbocycles. The van der Waals surface area contributed by atoms with Gasteiger partial charge in [0.2, 0.25) is 15.9 Å². The molecule has 1 saturated heterocycles. The Labute approximate surface area is 198 Å². The van der Waals surface area contributed by atoms with Crippen LogP contribution in [0.1, 0.15) is 30.0 Å². The van der Waals surface area contributed by atoms with Crippen LogP contribution in [0.5, 0.6) is 5.75 Å². The van der Waals surface area contributed by atoms with E-state index in [1.54, 1.807) is 0 Å². The zero-order valence-corrected chi connectivity index (χ0v) is 19.6. The molecule has 0 radical (unpaired) electrons. The summed E-state index contributed by atoms with van der Waals surface area (Å²) in [5.41, 5.74) is 2.62. The first-order valence-corrected chi connectivity index (χ1v) is 12.9. The molecule has 5 rings (SSSR count). The summed E-state index contributed by atoms with van der Waals surface area (Å²) in [4.78, 5) is 27.0. The topological polar surface area (TPSA) is 105 Å². The van der Waals surface area contributed by atoms with E-state index in [4.69, 9.17) is 9.47 Å². The van der Waals surface area contributed by atoms with Gasteiger partial charge in [-0.2, -0.15) is 4.31 Å². The van der Waals surface area contributed by atoms with Crippen LogP contribution in [0.4, 0.5) is 5.69 Å². The maximum Gasteiger partial charge on any atom is 0.265 e. The van der Waals surface area contributed by atoms with Crippen molar-refractivity contribution in [3.05, 3.63) is 53.6 Å². The molecule has 0 saturated carbocycles. The highest BCUT2D eigenvalue weighted by molar-refractivity contribution is 7.89. The smallest absolute Gasteiger partial charge is 0.265 e. The second-order valence-corrected chi connectivity index (χ2v) is 10.6. The summed E-state index contributed by atoms with van der Waals surface area (Å²) in [6.45, 7) is 0.787. The zero-order valence-electron chi connectivity index (χ0n) is 18.7. The van der Waals surface area contributed by atoms with Crippen molar-refractivity contribution in [1.82, 2.24) is 9.62 Å². The largest absolute Gasteiger partial charge is 0.482 e. The van der Waals surface area contributed by atoms with Gasteiger partial charge in [-0.3, -0.25) is 14.5 Å². The van der Waals surface area contributed by atoms with E-state index in [2.05, 4.69) is 11.4 Å². The lowest BCUT2D eigenvalue weighted by atomic mass is 9.88. The van der Waals surface area contributed by atoms with E-state index in [9.17, 15) is 18.0 Å². The molecule has 0 bridgehead atoms. The fourth-order valence-electron chi connectivity index (χ4n) is 4.74. The van der Waals surface area contributed by atoms with Gasteiger partial charge in [0.15, 0.2) is 6.61 Å². The number of rotatable bonds is 5. The molecule has 0 spiro atoms. The van der Waals surface area contributed by atoms with Crippen molar-refractivity contribution in [3.63, 3.8) is 0 Å².